The number of rotatable bonds is 2. The van der Waals surface area contributed by atoms with Crippen LogP contribution in [0.2, 0.25) is 0 Å². The zero-order chi connectivity index (χ0) is 12.5. The number of fused-ring (bicyclic) bond motifs is 1. The molecule has 88 valence electrons. The second-order valence-corrected chi connectivity index (χ2v) is 4.07. The molecule has 1 aliphatic heterocycles. The van der Waals surface area contributed by atoms with Crippen LogP contribution >= 0.6 is 0 Å². The van der Waals surface area contributed by atoms with E-state index in [1.165, 1.54) is 6.08 Å². The number of imidazole rings is 1. The second kappa shape index (κ2) is 4.07. The summed E-state index contributed by atoms with van der Waals surface area (Å²) in [6.45, 7) is 0. The number of carbonyl (C=O) groups excluding carboxylic acids is 2. The van der Waals surface area contributed by atoms with Crippen LogP contribution in [0.15, 0.2) is 48.8 Å². The largest absolute Gasteiger partial charge is 0.309 e. The van der Waals surface area contributed by atoms with Crippen LogP contribution in [-0.2, 0) is 4.79 Å². The number of aromatic nitrogens is 2. The van der Waals surface area contributed by atoms with Gasteiger partial charge < -0.3 is 4.57 Å². The second-order valence-electron chi connectivity index (χ2n) is 4.07. The van der Waals surface area contributed by atoms with E-state index < -0.39 is 5.92 Å². The Balaban J connectivity index is 2.05. The number of Topliss-reactive ketones (excluding diaryl/α,β-unsaturated/α-hetero) is 1. The molecule has 2 aromatic rings. The molecule has 0 saturated carbocycles. The summed E-state index contributed by atoms with van der Waals surface area (Å²) in [5.74, 6) is -0.774. The summed E-state index contributed by atoms with van der Waals surface area (Å²) in [5, 5.41) is 0. The first kappa shape index (κ1) is 10.7. The van der Waals surface area contributed by atoms with Crippen LogP contribution in [0, 0.1) is 0 Å². The molecule has 0 amide bonds. The highest BCUT2D eigenvalue weighted by Crippen LogP contribution is 2.24. The zero-order valence-corrected chi connectivity index (χ0v) is 9.48. The van der Waals surface area contributed by atoms with E-state index in [2.05, 4.69) is 4.98 Å². The third-order valence-corrected chi connectivity index (χ3v) is 2.96. The highest BCUT2D eigenvalue weighted by atomic mass is 16.2. The van der Waals surface area contributed by atoms with Crippen LogP contribution < -0.4 is 0 Å². The standard InChI is InChI=1S/C14H10N2O2/c17-11-6-8-16-9-7-15-14(16)12(11)13(18)10-4-2-1-3-5-10/h1-9,12H/t12-/m1/s1. The van der Waals surface area contributed by atoms with Gasteiger partial charge in [-0.15, -0.1) is 0 Å². The Bertz CT molecular complexity index is 641. The lowest BCUT2D eigenvalue weighted by atomic mass is 9.91. The Hall–Kier alpha value is -2.49. The molecule has 0 unspecified atom stereocenters. The van der Waals surface area contributed by atoms with Gasteiger partial charge in [-0.25, -0.2) is 4.98 Å². The van der Waals surface area contributed by atoms with E-state index in [1.54, 1.807) is 47.4 Å². The maximum Gasteiger partial charge on any atom is 0.181 e. The Morgan fingerprint density at radius 2 is 2.00 bits per heavy atom. The summed E-state index contributed by atoms with van der Waals surface area (Å²) in [5.41, 5.74) is 0.528. The third-order valence-electron chi connectivity index (χ3n) is 2.96. The predicted octanol–water partition coefficient (Wildman–Crippen LogP) is 1.90. The maximum atomic E-state index is 12.4. The van der Waals surface area contributed by atoms with Crippen LogP contribution in [-0.4, -0.2) is 21.1 Å². The molecular weight excluding hydrogens is 228 g/mol. The zero-order valence-electron chi connectivity index (χ0n) is 9.48. The Morgan fingerprint density at radius 1 is 1.22 bits per heavy atom. The fraction of sp³-hybridized carbons (Fsp3) is 0.0714. The van der Waals surface area contributed by atoms with Crippen molar-refractivity contribution in [3.05, 3.63) is 60.2 Å². The van der Waals surface area contributed by atoms with Gasteiger partial charge in [0.25, 0.3) is 0 Å². The normalized spacial score (nSPS) is 17.6. The van der Waals surface area contributed by atoms with Crippen LogP contribution in [0.1, 0.15) is 22.1 Å². The molecule has 1 aromatic carbocycles. The molecule has 0 saturated heterocycles. The van der Waals surface area contributed by atoms with Gasteiger partial charge in [0.2, 0.25) is 0 Å². The van der Waals surface area contributed by atoms with Crippen molar-refractivity contribution in [1.82, 2.24) is 9.55 Å². The number of nitrogens with zero attached hydrogens (tertiary/aromatic N) is 2. The van der Waals surface area contributed by atoms with Crippen LogP contribution in [0.25, 0.3) is 6.20 Å². The summed E-state index contributed by atoms with van der Waals surface area (Å²) in [6, 6.07) is 8.81. The van der Waals surface area contributed by atoms with Gasteiger partial charge in [-0.1, -0.05) is 30.3 Å². The van der Waals surface area contributed by atoms with Crippen LogP contribution in [0.3, 0.4) is 0 Å². The van der Waals surface area contributed by atoms with E-state index >= 15 is 0 Å². The number of hydrogen-bond acceptors (Lipinski definition) is 3. The van der Waals surface area contributed by atoms with Gasteiger partial charge in [-0.05, 0) is 6.08 Å². The SMILES string of the molecule is O=C1C=Cn2ccnc2[C@H]1C(=O)c1ccccc1. The van der Waals surface area contributed by atoms with E-state index in [4.69, 9.17) is 0 Å². The number of ketones is 2. The van der Waals surface area contributed by atoms with Gasteiger partial charge in [0.1, 0.15) is 11.7 Å². The van der Waals surface area contributed by atoms with Crippen molar-refractivity contribution in [3.8, 4) is 0 Å². The first-order valence-corrected chi connectivity index (χ1v) is 5.61. The summed E-state index contributed by atoms with van der Waals surface area (Å²) in [7, 11) is 0. The monoisotopic (exact) mass is 238 g/mol. The van der Waals surface area contributed by atoms with E-state index in [1.807, 2.05) is 6.07 Å². The van der Waals surface area contributed by atoms with Gasteiger partial charge in [0.15, 0.2) is 11.6 Å². The average Bonchev–Trinajstić information content (AvgIpc) is 2.87. The molecule has 3 rings (SSSR count). The molecule has 0 N–H and O–H groups in total. The van der Waals surface area contributed by atoms with Crippen molar-refractivity contribution in [1.29, 1.82) is 0 Å². The molecule has 4 nitrogen and oxygen atoms in total. The van der Waals surface area contributed by atoms with E-state index in [0.717, 1.165) is 0 Å². The van der Waals surface area contributed by atoms with E-state index in [9.17, 15) is 9.59 Å². The smallest absolute Gasteiger partial charge is 0.181 e. The van der Waals surface area contributed by atoms with Crippen LogP contribution in [0.4, 0.5) is 0 Å². The number of carbonyl (C=O) groups is 2. The average molecular weight is 238 g/mol. The van der Waals surface area contributed by atoms with Crippen molar-refractivity contribution in [2.75, 3.05) is 0 Å². The van der Waals surface area contributed by atoms with Gasteiger partial charge in [0, 0.05) is 24.2 Å². The van der Waals surface area contributed by atoms with Gasteiger partial charge in [-0.2, -0.15) is 0 Å². The van der Waals surface area contributed by atoms with E-state index in [-0.39, 0.29) is 11.6 Å². The van der Waals surface area contributed by atoms with Crippen LogP contribution in [0.5, 0.6) is 0 Å². The van der Waals surface area contributed by atoms with Crippen molar-refractivity contribution in [3.63, 3.8) is 0 Å². The fourth-order valence-electron chi connectivity index (χ4n) is 2.07. The first-order valence-electron chi connectivity index (χ1n) is 5.61. The molecule has 0 fully saturated rings. The molecule has 1 aromatic heterocycles. The number of hydrogen-bond donors (Lipinski definition) is 0. The van der Waals surface area contributed by atoms with Gasteiger partial charge in [-0.3, -0.25) is 9.59 Å². The number of benzene rings is 1. The molecule has 18 heavy (non-hydrogen) atoms. The summed E-state index contributed by atoms with van der Waals surface area (Å²) < 4.78 is 1.70. The molecule has 2 heterocycles. The third kappa shape index (κ3) is 1.59. The minimum absolute atomic E-state index is 0.211. The van der Waals surface area contributed by atoms with Crippen molar-refractivity contribution < 1.29 is 9.59 Å². The highest BCUT2D eigenvalue weighted by molar-refractivity contribution is 6.19. The summed E-state index contributed by atoms with van der Waals surface area (Å²) >= 11 is 0. The minimum Gasteiger partial charge on any atom is -0.309 e. The Kier molecular flexibility index (Phi) is 2.41. The fourth-order valence-corrected chi connectivity index (χ4v) is 2.07. The highest BCUT2D eigenvalue weighted by Gasteiger charge is 2.33. The topological polar surface area (TPSA) is 52.0 Å². The molecule has 1 atom stereocenters. The van der Waals surface area contributed by atoms with E-state index in [0.29, 0.717) is 11.4 Å². The molecule has 1 aliphatic rings. The van der Waals surface area contributed by atoms with Crippen molar-refractivity contribution in [2.45, 2.75) is 5.92 Å². The lowest BCUT2D eigenvalue weighted by Gasteiger charge is -2.16. The van der Waals surface area contributed by atoms with Gasteiger partial charge >= 0.3 is 0 Å². The van der Waals surface area contributed by atoms with Gasteiger partial charge in [0.05, 0.1) is 0 Å². The molecule has 4 heteroatoms. The minimum atomic E-state index is -0.826. The summed E-state index contributed by atoms with van der Waals surface area (Å²) in [4.78, 5) is 28.4. The Morgan fingerprint density at radius 3 is 2.78 bits per heavy atom. The Labute approximate surface area is 104 Å². The lowest BCUT2D eigenvalue weighted by Crippen LogP contribution is -2.26. The molecular formula is C14H10N2O2. The molecule has 0 radical (unpaired) electrons. The van der Waals surface area contributed by atoms with Crippen molar-refractivity contribution >= 4 is 17.8 Å². The number of allylic oxidation sites excluding steroid dienone is 1. The predicted molar refractivity (Wildman–Crippen MR) is 66.1 cm³/mol. The molecule has 0 bridgehead atoms. The summed E-state index contributed by atoms with van der Waals surface area (Å²) in [6.07, 6.45) is 6.35. The maximum absolute atomic E-state index is 12.4. The quantitative estimate of drug-likeness (QED) is 0.593. The molecule has 0 aliphatic carbocycles. The van der Waals surface area contributed by atoms with Crippen molar-refractivity contribution in [2.24, 2.45) is 0 Å². The lowest BCUT2D eigenvalue weighted by molar-refractivity contribution is -0.115. The first-order chi connectivity index (χ1) is 8.77. The molecule has 0 spiro atoms.